The summed E-state index contributed by atoms with van der Waals surface area (Å²) >= 11 is 5.75. The van der Waals surface area contributed by atoms with Crippen molar-refractivity contribution in [2.45, 2.75) is 32.4 Å². The SMILES string of the molecule is C[Si](C)(C)CCOCn1nc(I)c2cncc(Br)c21. The van der Waals surface area contributed by atoms with Crippen LogP contribution in [0.2, 0.25) is 25.7 Å². The Morgan fingerprint density at radius 1 is 1.37 bits per heavy atom. The lowest BCUT2D eigenvalue weighted by Crippen LogP contribution is -2.22. The summed E-state index contributed by atoms with van der Waals surface area (Å²) in [4.78, 5) is 4.18. The Kier molecular flexibility index (Phi) is 5.02. The molecule has 0 aliphatic rings. The van der Waals surface area contributed by atoms with E-state index in [0.29, 0.717) is 6.73 Å². The molecule has 0 saturated carbocycles. The summed E-state index contributed by atoms with van der Waals surface area (Å²) in [6.45, 7) is 8.35. The van der Waals surface area contributed by atoms with Crippen LogP contribution in [0.4, 0.5) is 0 Å². The summed E-state index contributed by atoms with van der Waals surface area (Å²) in [5.41, 5.74) is 1.05. The molecule has 19 heavy (non-hydrogen) atoms. The van der Waals surface area contributed by atoms with Crippen molar-refractivity contribution < 1.29 is 4.74 Å². The normalized spacial score (nSPS) is 12.3. The van der Waals surface area contributed by atoms with Crippen molar-refractivity contribution in [3.05, 3.63) is 20.6 Å². The average Bonchev–Trinajstić information content (AvgIpc) is 2.62. The predicted molar refractivity (Wildman–Crippen MR) is 92.1 cm³/mol. The molecule has 0 radical (unpaired) electrons. The zero-order valence-corrected chi connectivity index (χ0v) is 16.0. The summed E-state index contributed by atoms with van der Waals surface area (Å²) in [6.07, 6.45) is 3.63. The van der Waals surface area contributed by atoms with Gasteiger partial charge in [0.25, 0.3) is 0 Å². The molecule has 104 valence electrons. The molecular weight excluding hydrogens is 437 g/mol. The minimum atomic E-state index is -1.03. The van der Waals surface area contributed by atoms with Crippen molar-refractivity contribution in [2.24, 2.45) is 0 Å². The number of hydrogen-bond donors (Lipinski definition) is 0. The number of hydrogen-bond acceptors (Lipinski definition) is 3. The van der Waals surface area contributed by atoms with Gasteiger partial charge in [0.2, 0.25) is 0 Å². The highest BCUT2D eigenvalue weighted by Gasteiger charge is 2.14. The smallest absolute Gasteiger partial charge is 0.140 e. The zero-order valence-electron chi connectivity index (χ0n) is 11.3. The molecule has 0 aliphatic carbocycles. The lowest BCUT2D eigenvalue weighted by molar-refractivity contribution is 0.0813. The highest BCUT2D eigenvalue weighted by molar-refractivity contribution is 14.1. The van der Waals surface area contributed by atoms with E-state index in [4.69, 9.17) is 4.74 Å². The van der Waals surface area contributed by atoms with Crippen molar-refractivity contribution in [2.75, 3.05) is 6.61 Å². The van der Waals surface area contributed by atoms with E-state index < -0.39 is 8.07 Å². The molecule has 0 aromatic carbocycles. The van der Waals surface area contributed by atoms with E-state index in [-0.39, 0.29) is 0 Å². The fraction of sp³-hybridized carbons (Fsp3) is 0.500. The Hall–Kier alpha value is 0.00688. The molecule has 0 amide bonds. The van der Waals surface area contributed by atoms with Crippen LogP contribution in [-0.2, 0) is 11.5 Å². The van der Waals surface area contributed by atoms with Gasteiger partial charge in [-0.2, -0.15) is 5.10 Å². The number of nitrogens with zero attached hydrogens (tertiary/aromatic N) is 3. The molecule has 4 nitrogen and oxygen atoms in total. The van der Waals surface area contributed by atoms with Gasteiger partial charge in [0.15, 0.2) is 0 Å². The van der Waals surface area contributed by atoms with Crippen LogP contribution in [0.3, 0.4) is 0 Å². The van der Waals surface area contributed by atoms with E-state index in [9.17, 15) is 0 Å². The van der Waals surface area contributed by atoms with E-state index in [1.54, 1.807) is 6.20 Å². The van der Waals surface area contributed by atoms with Crippen LogP contribution in [0.1, 0.15) is 0 Å². The number of fused-ring (bicyclic) bond motifs is 1. The van der Waals surface area contributed by atoms with Crippen LogP contribution in [0, 0.1) is 3.70 Å². The van der Waals surface area contributed by atoms with E-state index in [0.717, 1.165) is 25.7 Å². The molecule has 7 heteroatoms. The van der Waals surface area contributed by atoms with Crippen molar-refractivity contribution in [1.82, 2.24) is 14.8 Å². The van der Waals surface area contributed by atoms with E-state index in [2.05, 4.69) is 68.2 Å². The average molecular weight is 454 g/mol. The first-order valence-electron chi connectivity index (χ1n) is 6.12. The first kappa shape index (κ1) is 15.4. The highest BCUT2D eigenvalue weighted by Crippen LogP contribution is 2.26. The van der Waals surface area contributed by atoms with Gasteiger partial charge in [0, 0.05) is 27.1 Å². The van der Waals surface area contributed by atoms with Crippen molar-refractivity contribution in [1.29, 1.82) is 0 Å². The van der Waals surface area contributed by atoms with Crippen LogP contribution in [0.25, 0.3) is 10.9 Å². The molecule has 2 aromatic rings. The van der Waals surface area contributed by atoms with Gasteiger partial charge in [0.05, 0.1) is 15.4 Å². The standard InChI is InChI=1S/C12H17BrIN3OSi/c1-19(2,3)5-4-18-8-17-11-9(12(14)16-17)6-15-7-10(11)13/h6-7H,4-5,8H2,1-3H3. The van der Waals surface area contributed by atoms with E-state index in [1.807, 2.05) is 10.9 Å². The minimum absolute atomic E-state index is 0.493. The molecule has 0 unspecified atom stereocenters. The Labute approximate surface area is 136 Å². The van der Waals surface area contributed by atoms with Crippen molar-refractivity contribution in [3.8, 4) is 0 Å². The molecule has 0 fully saturated rings. The Morgan fingerprint density at radius 2 is 2.11 bits per heavy atom. The summed E-state index contributed by atoms with van der Waals surface area (Å²) in [6, 6.07) is 1.17. The van der Waals surface area contributed by atoms with E-state index >= 15 is 0 Å². The van der Waals surface area contributed by atoms with Gasteiger partial charge in [-0.25, -0.2) is 4.68 Å². The third-order valence-electron chi connectivity index (χ3n) is 2.77. The Balaban J connectivity index is 2.09. The largest absolute Gasteiger partial charge is 0.360 e. The summed E-state index contributed by atoms with van der Waals surface area (Å²) in [5.74, 6) is 0. The second-order valence-corrected chi connectivity index (χ2v) is 13.2. The third-order valence-corrected chi connectivity index (χ3v) is 5.85. The molecule has 0 aliphatic heterocycles. The molecule has 0 spiro atoms. The maximum absolute atomic E-state index is 5.76. The van der Waals surface area contributed by atoms with Crippen LogP contribution in [0.5, 0.6) is 0 Å². The molecule has 0 atom stereocenters. The quantitative estimate of drug-likeness (QED) is 0.388. The van der Waals surface area contributed by atoms with Crippen LogP contribution < -0.4 is 0 Å². The fourth-order valence-corrected chi connectivity index (χ4v) is 3.62. The molecule has 2 rings (SSSR count). The van der Waals surface area contributed by atoms with Gasteiger partial charge < -0.3 is 4.74 Å². The molecule has 0 N–H and O–H groups in total. The number of halogens is 2. The maximum Gasteiger partial charge on any atom is 0.140 e. The van der Waals surface area contributed by atoms with Gasteiger partial charge >= 0.3 is 0 Å². The molecule has 2 aromatic heterocycles. The van der Waals surface area contributed by atoms with Crippen molar-refractivity contribution >= 4 is 57.5 Å². The second kappa shape index (κ2) is 6.19. The summed E-state index contributed by atoms with van der Waals surface area (Å²) < 4.78 is 9.57. The van der Waals surface area contributed by atoms with Crippen molar-refractivity contribution in [3.63, 3.8) is 0 Å². The monoisotopic (exact) mass is 453 g/mol. The van der Waals surface area contributed by atoms with Crippen LogP contribution >= 0.6 is 38.5 Å². The predicted octanol–water partition coefficient (Wildman–Crippen LogP) is 4.11. The minimum Gasteiger partial charge on any atom is -0.360 e. The first-order chi connectivity index (χ1) is 8.88. The number of aromatic nitrogens is 3. The summed E-state index contributed by atoms with van der Waals surface area (Å²) in [5, 5.41) is 5.56. The number of ether oxygens (including phenoxy) is 1. The zero-order chi connectivity index (χ0) is 14.0. The summed E-state index contributed by atoms with van der Waals surface area (Å²) in [7, 11) is -1.03. The highest BCUT2D eigenvalue weighted by atomic mass is 127. The lowest BCUT2D eigenvalue weighted by atomic mass is 10.3. The lowest BCUT2D eigenvalue weighted by Gasteiger charge is -2.15. The van der Waals surface area contributed by atoms with Gasteiger partial charge in [-0.05, 0) is 44.6 Å². The topological polar surface area (TPSA) is 39.9 Å². The maximum atomic E-state index is 5.76. The Morgan fingerprint density at radius 3 is 2.79 bits per heavy atom. The van der Waals surface area contributed by atoms with Gasteiger partial charge in [-0.3, -0.25) is 4.98 Å². The van der Waals surface area contributed by atoms with Gasteiger partial charge in [0.1, 0.15) is 10.4 Å². The first-order valence-corrected chi connectivity index (χ1v) is 11.7. The number of rotatable bonds is 5. The Bertz CT molecular complexity index is 582. The second-order valence-electron chi connectivity index (χ2n) is 5.66. The molecular formula is C12H17BrIN3OSi. The number of pyridine rings is 1. The molecule has 0 bridgehead atoms. The fourth-order valence-electron chi connectivity index (χ4n) is 1.67. The van der Waals surface area contributed by atoms with Crippen LogP contribution in [-0.4, -0.2) is 29.4 Å². The van der Waals surface area contributed by atoms with Gasteiger partial charge in [-0.1, -0.05) is 19.6 Å². The molecule has 0 saturated heterocycles. The third kappa shape index (κ3) is 3.99. The molecule has 2 heterocycles. The van der Waals surface area contributed by atoms with Gasteiger partial charge in [-0.15, -0.1) is 0 Å². The van der Waals surface area contributed by atoms with Crippen LogP contribution in [0.15, 0.2) is 16.9 Å². The van der Waals surface area contributed by atoms with E-state index in [1.165, 1.54) is 6.04 Å².